The molecule has 2 heterocycles. The summed E-state index contributed by atoms with van der Waals surface area (Å²) < 4.78 is 5.41. The third-order valence-corrected chi connectivity index (χ3v) is 4.74. The van der Waals surface area contributed by atoms with Crippen LogP contribution in [-0.4, -0.2) is 31.7 Å². The van der Waals surface area contributed by atoms with Gasteiger partial charge in [0, 0.05) is 30.9 Å². The summed E-state index contributed by atoms with van der Waals surface area (Å²) in [6.45, 7) is 0.0161. The van der Waals surface area contributed by atoms with Gasteiger partial charge in [-0.25, -0.2) is 0 Å². The summed E-state index contributed by atoms with van der Waals surface area (Å²) in [5.41, 5.74) is 0.762. The van der Waals surface area contributed by atoms with Crippen molar-refractivity contribution in [2.45, 2.75) is 5.60 Å². The van der Waals surface area contributed by atoms with Crippen molar-refractivity contribution in [2.24, 2.45) is 0 Å². The van der Waals surface area contributed by atoms with E-state index < -0.39 is 5.60 Å². The number of aliphatic hydroxyl groups is 1. The fourth-order valence-corrected chi connectivity index (χ4v) is 3.30. The van der Waals surface area contributed by atoms with Crippen molar-refractivity contribution < 1.29 is 14.3 Å². The molecule has 2 N–H and O–H groups in total. The Morgan fingerprint density at radius 3 is 2.76 bits per heavy atom. The van der Waals surface area contributed by atoms with Gasteiger partial charge in [0.25, 0.3) is 5.91 Å². The lowest BCUT2D eigenvalue weighted by atomic mass is 9.93. The first-order chi connectivity index (χ1) is 12.0. The zero-order valence-corrected chi connectivity index (χ0v) is 14.9. The fourth-order valence-electron chi connectivity index (χ4n) is 2.58. The summed E-state index contributed by atoms with van der Waals surface area (Å²) in [5.74, 6) is 0.150. The third kappa shape index (κ3) is 3.60. The Balaban J connectivity index is 1.80. The largest absolute Gasteiger partial charge is 0.466 e. The van der Waals surface area contributed by atoms with Gasteiger partial charge >= 0.3 is 0 Å². The molecule has 1 atom stereocenters. The summed E-state index contributed by atoms with van der Waals surface area (Å²) in [4.78, 5) is 14.5. The van der Waals surface area contributed by atoms with Gasteiger partial charge in [-0.05, 0) is 47.2 Å². The minimum atomic E-state index is -1.40. The van der Waals surface area contributed by atoms with Crippen molar-refractivity contribution >= 4 is 22.9 Å². The number of hydrogen-bond donors (Lipinski definition) is 2. The number of amides is 1. The SMILES string of the molecule is CN(C)c1cccc(C(=O)NC[C@@](O)(c2ccsc2)c2ccco2)c1. The molecule has 0 aliphatic rings. The Labute approximate surface area is 150 Å². The maximum atomic E-state index is 12.5. The Bertz CT molecular complexity index is 792. The van der Waals surface area contributed by atoms with E-state index >= 15 is 0 Å². The van der Waals surface area contributed by atoms with Gasteiger partial charge in [0.2, 0.25) is 0 Å². The minimum absolute atomic E-state index is 0.0161. The Kier molecular flexibility index (Phi) is 4.92. The van der Waals surface area contributed by atoms with Crippen LogP contribution in [0.3, 0.4) is 0 Å². The molecule has 3 rings (SSSR count). The molecule has 130 valence electrons. The van der Waals surface area contributed by atoms with Crippen LogP contribution in [0.1, 0.15) is 21.7 Å². The van der Waals surface area contributed by atoms with Gasteiger partial charge in [-0.3, -0.25) is 4.79 Å². The van der Waals surface area contributed by atoms with Gasteiger partial charge < -0.3 is 19.7 Å². The van der Waals surface area contributed by atoms with Gasteiger partial charge in [0.1, 0.15) is 5.76 Å². The second-order valence-electron chi connectivity index (χ2n) is 5.98. The number of carbonyl (C=O) groups is 1. The van der Waals surface area contributed by atoms with E-state index in [1.54, 1.807) is 18.2 Å². The molecule has 3 aromatic rings. The first-order valence-electron chi connectivity index (χ1n) is 7.85. The predicted molar refractivity (Wildman–Crippen MR) is 99.1 cm³/mol. The van der Waals surface area contributed by atoms with Crippen LogP contribution in [0, 0.1) is 0 Å². The standard InChI is InChI=1S/C19H20N2O3S/c1-21(2)16-6-3-5-14(11-16)18(22)20-13-19(23,15-8-10-25-12-15)17-7-4-9-24-17/h3-12,23H,13H2,1-2H3,(H,20,22)/t19-/m1/s1. The number of nitrogens with zero attached hydrogens (tertiary/aromatic N) is 1. The molecule has 0 bridgehead atoms. The monoisotopic (exact) mass is 356 g/mol. The molecule has 0 fully saturated rings. The molecule has 2 aromatic heterocycles. The van der Waals surface area contributed by atoms with E-state index in [4.69, 9.17) is 4.42 Å². The molecule has 5 nitrogen and oxygen atoms in total. The van der Waals surface area contributed by atoms with E-state index in [1.165, 1.54) is 17.6 Å². The average molecular weight is 356 g/mol. The molecule has 0 unspecified atom stereocenters. The van der Waals surface area contributed by atoms with Gasteiger partial charge in [-0.1, -0.05) is 6.07 Å². The Morgan fingerprint density at radius 2 is 2.12 bits per heavy atom. The molecule has 25 heavy (non-hydrogen) atoms. The molecule has 6 heteroatoms. The molecule has 1 amide bonds. The lowest BCUT2D eigenvalue weighted by molar-refractivity contribution is 0.0528. The van der Waals surface area contributed by atoms with Crippen molar-refractivity contribution in [3.05, 3.63) is 76.4 Å². The number of carbonyl (C=O) groups excluding carboxylic acids is 1. The van der Waals surface area contributed by atoms with Gasteiger partial charge in [0.15, 0.2) is 5.60 Å². The van der Waals surface area contributed by atoms with E-state index in [0.29, 0.717) is 16.9 Å². The average Bonchev–Trinajstić information content (AvgIpc) is 3.33. The highest BCUT2D eigenvalue weighted by molar-refractivity contribution is 7.08. The highest BCUT2D eigenvalue weighted by Gasteiger charge is 2.35. The predicted octanol–water partition coefficient (Wildman–Crippen LogP) is 3.07. The normalized spacial score (nSPS) is 13.2. The zero-order chi connectivity index (χ0) is 17.9. The second-order valence-corrected chi connectivity index (χ2v) is 6.76. The smallest absolute Gasteiger partial charge is 0.251 e. The van der Waals surface area contributed by atoms with E-state index in [1.807, 2.05) is 54.0 Å². The van der Waals surface area contributed by atoms with E-state index in [9.17, 15) is 9.90 Å². The van der Waals surface area contributed by atoms with Crippen molar-refractivity contribution in [3.63, 3.8) is 0 Å². The molecule has 0 aliphatic carbocycles. The van der Waals surface area contributed by atoms with Crippen molar-refractivity contribution in [3.8, 4) is 0 Å². The van der Waals surface area contributed by atoms with Crippen LogP contribution in [0.5, 0.6) is 0 Å². The highest BCUT2D eigenvalue weighted by atomic mass is 32.1. The third-order valence-electron chi connectivity index (χ3n) is 4.06. The van der Waals surface area contributed by atoms with Crippen molar-refractivity contribution in [1.82, 2.24) is 5.32 Å². The van der Waals surface area contributed by atoms with Gasteiger partial charge in [0.05, 0.1) is 12.8 Å². The van der Waals surface area contributed by atoms with Crippen molar-refractivity contribution in [1.29, 1.82) is 0 Å². The number of furan rings is 1. The van der Waals surface area contributed by atoms with Crippen molar-refractivity contribution in [2.75, 3.05) is 25.5 Å². The maximum Gasteiger partial charge on any atom is 0.251 e. The summed E-state index contributed by atoms with van der Waals surface area (Å²) in [5, 5.41) is 17.7. The van der Waals surface area contributed by atoms with Crippen LogP contribution in [0.25, 0.3) is 0 Å². The molecule has 0 saturated heterocycles. The highest BCUT2D eigenvalue weighted by Crippen LogP contribution is 2.31. The first kappa shape index (κ1) is 17.3. The molecule has 0 aliphatic heterocycles. The number of thiophene rings is 1. The molecule has 1 aromatic carbocycles. The number of anilines is 1. The lowest BCUT2D eigenvalue weighted by Gasteiger charge is -2.26. The summed E-state index contributed by atoms with van der Waals surface area (Å²) in [7, 11) is 3.84. The van der Waals surface area contributed by atoms with Crippen LogP contribution in [0.2, 0.25) is 0 Å². The lowest BCUT2D eigenvalue weighted by Crippen LogP contribution is -2.41. The molecule has 0 saturated carbocycles. The number of benzene rings is 1. The van der Waals surface area contributed by atoms with E-state index in [-0.39, 0.29) is 12.5 Å². The molecule has 0 radical (unpaired) electrons. The fraction of sp³-hybridized carbons (Fsp3) is 0.211. The minimum Gasteiger partial charge on any atom is -0.466 e. The maximum absolute atomic E-state index is 12.5. The number of rotatable bonds is 6. The number of hydrogen-bond acceptors (Lipinski definition) is 5. The Morgan fingerprint density at radius 1 is 1.28 bits per heavy atom. The molecule has 0 spiro atoms. The summed E-state index contributed by atoms with van der Waals surface area (Å²) in [6.07, 6.45) is 1.51. The van der Waals surface area contributed by atoms with E-state index in [2.05, 4.69) is 5.32 Å². The van der Waals surface area contributed by atoms with Crippen LogP contribution in [0.4, 0.5) is 5.69 Å². The zero-order valence-electron chi connectivity index (χ0n) is 14.1. The Hall–Kier alpha value is -2.57. The van der Waals surface area contributed by atoms with Crippen LogP contribution < -0.4 is 10.2 Å². The van der Waals surface area contributed by atoms with Crippen LogP contribution in [-0.2, 0) is 5.60 Å². The topological polar surface area (TPSA) is 65.7 Å². The second kappa shape index (κ2) is 7.13. The summed E-state index contributed by atoms with van der Waals surface area (Å²) >= 11 is 1.48. The van der Waals surface area contributed by atoms with E-state index in [0.717, 1.165) is 5.69 Å². The van der Waals surface area contributed by atoms with Crippen LogP contribution in [0.15, 0.2) is 63.9 Å². The van der Waals surface area contributed by atoms with Gasteiger partial charge in [-0.2, -0.15) is 11.3 Å². The van der Waals surface area contributed by atoms with Crippen LogP contribution >= 0.6 is 11.3 Å². The first-order valence-corrected chi connectivity index (χ1v) is 8.79. The molecular weight excluding hydrogens is 336 g/mol. The van der Waals surface area contributed by atoms with Gasteiger partial charge in [-0.15, -0.1) is 0 Å². The summed E-state index contributed by atoms with van der Waals surface area (Å²) in [6, 6.07) is 12.6. The quantitative estimate of drug-likeness (QED) is 0.712. The number of nitrogens with one attached hydrogen (secondary N) is 1. The molecular formula is C19H20N2O3S.